The molecule has 0 heterocycles. The minimum atomic E-state index is 0.547. The second-order valence-corrected chi connectivity index (χ2v) is 47.6. The first kappa shape index (κ1) is 87.4. The first-order chi connectivity index (χ1) is 43.0. The van der Waals surface area contributed by atoms with Gasteiger partial charge < -0.3 is 0 Å². The number of rotatable bonds is 4. The molecule has 0 aromatic carbocycles. The summed E-state index contributed by atoms with van der Waals surface area (Å²) in [6.45, 7) is 84.4. The maximum absolute atomic E-state index is 2.49. The van der Waals surface area contributed by atoms with Crippen LogP contribution in [-0.4, -0.2) is 0 Å². The van der Waals surface area contributed by atoms with E-state index in [0.717, 1.165) is 88.8 Å². The zero-order valence-corrected chi connectivity index (χ0v) is 72.8. The first-order valence-corrected chi connectivity index (χ1v) is 43.0. The summed E-state index contributed by atoms with van der Waals surface area (Å²) in [5.41, 5.74) is 7.65. The number of fused-ring (bicyclic) bond motifs is 6. The molecule has 6 bridgehead atoms. The molecule has 9 unspecified atom stereocenters. The Bertz CT molecular complexity index is 2060. The Labute approximate surface area is 603 Å². The van der Waals surface area contributed by atoms with Crippen molar-refractivity contribution in [3.05, 3.63) is 0 Å². The molecule has 0 spiro atoms. The van der Waals surface area contributed by atoms with E-state index in [9.17, 15) is 0 Å². The molecule has 95 heavy (non-hydrogen) atoms. The van der Waals surface area contributed by atoms with Crippen molar-refractivity contribution in [2.45, 2.75) is 448 Å². The molecule has 12 aliphatic carbocycles. The molecule has 0 saturated heterocycles. The highest BCUT2D eigenvalue weighted by atomic mass is 14.6. The van der Waals surface area contributed by atoms with Crippen molar-refractivity contribution in [2.75, 3.05) is 0 Å². The zero-order chi connectivity index (χ0) is 72.8. The van der Waals surface area contributed by atoms with Crippen LogP contribution in [-0.2, 0) is 0 Å². The monoisotopic (exact) mass is 1330 g/mol. The Morgan fingerprint density at radius 2 is 0.695 bits per heavy atom. The van der Waals surface area contributed by atoms with Crippen LogP contribution in [0.3, 0.4) is 0 Å². The van der Waals surface area contributed by atoms with Gasteiger partial charge in [-0.25, -0.2) is 0 Å². The average Bonchev–Trinajstić information content (AvgIpc) is 1.69. The van der Waals surface area contributed by atoms with E-state index < -0.39 is 0 Å². The zero-order valence-electron chi connectivity index (χ0n) is 72.8. The fourth-order valence-electron chi connectivity index (χ4n) is 27.6. The molecule has 12 saturated carbocycles. The van der Waals surface area contributed by atoms with Gasteiger partial charge in [-0.2, -0.15) is 0 Å². The van der Waals surface area contributed by atoms with Crippen molar-refractivity contribution in [1.82, 2.24) is 0 Å². The Morgan fingerprint density at radius 3 is 0.958 bits per heavy atom. The Kier molecular flexibility index (Phi) is 31.1. The van der Waals surface area contributed by atoms with Crippen LogP contribution in [0.15, 0.2) is 0 Å². The van der Waals surface area contributed by atoms with E-state index in [1.165, 1.54) is 167 Å². The van der Waals surface area contributed by atoms with Crippen LogP contribution in [0.5, 0.6) is 0 Å². The summed E-state index contributed by atoms with van der Waals surface area (Å²) in [6.07, 6.45) is 46.6. The molecule has 0 amide bonds. The molecule has 12 rings (SSSR count). The first-order valence-electron chi connectivity index (χ1n) is 43.0. The quantitative estimate of drug-likeness (QED) is 0.263. The summed E-state index contributed by atoms with van der Waals surface area (Å²) in [4.78, 5) is 0. The minimum Gasteiger partial charge on any atom is -0.0651 e. The lowest BCUT2D eigenvalue weighted by Crippen LogP contribution is -2.38. The fourth-order valence-corrected chi connectivity index (χ4v) is 27.6. The SMILES string of the molecule is CC1(C)CC(C)(C)CC(C)(C)C1.CC1C(C)(C)CCCC1(C)C.CC1C2CCC(C2)[C@H]1C.CC1CC(C)(C)CC(C)(C)C1.CC1CCC(C)(C)CC1.CCC1C(C)(C)CCC1(C)C.CCC1C2CCC(C2)C1(C)C.CCC1CC(C)(C)CC(C)(C)C1.CCC1CC2CCC1C2. The molecular formula is C95H184. The molecular weight excluding hydrogens is 1140 g/mol. The van der Waals surface area contributed by atoms with Gasteiger partial charge in [0.15, 0.2) is 0 Å². The second kappa shape index (κ2) is 33.8. The Hall–Kier alpha value is 0. The normalized spacial score (nSPS) is 36.0. The van der Waals surface area contributed by atoms with Gasteiger partial charge in [-0.3, -0.25) is 0 Å². The number of hydrogen-bond donors (Lipinski definition) is 0. The van der Waals surface area contributed by atoms with E-state index in [1.54, 1.807) is 38.5 Å². The summed E-state index contributed by atoms with van der Waals surface area (Å²) >= 11 is 0. The smallest absolute Gasteiger partial charge is 0.0295 e. The largest absolute Gasteiger partial charge is 0.0651 e. The molecule has 564 valence electrons. The summed E-state index contributed by atoms with van der Waals surface area (Å²) in [6, 6.07) is 0. The predicted molar refractivity (Wildman–Crippen MR) is 430 cm³/mol. The highest BCUT2D eigenvalue weighted by Crippen LogP contribution is 2.61. The van der Waals surface area contributed by atoms with Crippen molar-refractivity contribution in [3.63, 3.8) is 0 Å². The van der Waals surface area contributed by atoms with E-state index in [-0.39, 0.29) is 0 Å². The summed E-state index contributed by atoms with van der Waals surface area (Å²) in [5, 5.41) is 0. The lowest BCUT2D eigenvalue weighted by molar-refractivity contribution is 0.0202. The lowest BCUT2D eigenvalue weighted by Gasteiger charge is -2.49. The van der Waals surface area contributed by atoms with E-state index in [0.29, 0.717) is 70.4 Å². The maximum Gasteiger partial charge on any atom is -0.0295 e. The highest BCUT2D eigenvalue weighted by Gasteiger charge is 2.52. The van der Waals surface area contributed by atoms with Gasteiger partial charge in [0.25, 0.3) is 0 Å². The maximum atomic E-state index is 2.49. The molecule has 12 fully saturated rings. The molecule has 0 aromatic rings. The van der Waals surface area contributed by atoms with E-state index in [1.807, 2.05) is 0 Å². The van der Waals surface area contributed by atoms with Gasteiger partial charge in [-0.05, 0) is 313 Å². The minimum absolute atomic E-state index is 0.547. The third kappa shape index (κ3) is 26.9. The van der Waals surface area contributed by atoms with Gasteiger partial charge in [0, 0.05) is 0 Å². The van der Waals surface area contributed by atoms with Gasteiger partial charge in [-0.1, -0.05) is 294 Å². The van der Waals surface area contributed by atoms with Crippen molar-refractivity contribution in [1.29, 1.82) is 0 Å². The van der Waals surface area contributed by atoms with Crippen LogP contribution in [0.4, 0.5) is 0 Å². The van der Waals surface area contributed by atoms with Gasteiger partial charge in [0.2, 0.25) is 0 Å². The van der Waals surface area contributed by atoms with Gasteiger partial charge in [0.05, 0.1) is 0 Å². The summed E-state index contributed by atoms with van der Waals surface area (Å²) < 4.78 is 0. The molecule has 0 aliphatic heterocycles. The van der Waals surface area contributed by atoms with Gasteiger partial charge in [-0.15, -0.1) is 0 Å². The van der Waals surface area contributed by atoms with Crippen LogP contribution < -0.4 is 0 Å². The molecule has 0 aromatic heterocycles. The molecule has 0 N–H and O–H groups in total. The van der Waals surface area contributed by atoms with Crippen LogP contribution in [0, 0.1) is 159 Å². The van der Waals surface area contributed by atoms with E-state index in [4.69, 9.17) is 0 Å². The number of hydrogen-bond acceptors (Lipinski definition) is 0. The topological polar surface area (TPSA) is 0 Å². The summed E-state index contributed by atoms with van der Waals surface area (Å²) in [7, 11) is 0. The third-order valence-electron chi connectivity index (χ3n) is 30.9. The summed E-state index contributed by atoms with van der Waals surface area (Å²) in [5.74, 6) is 15.7. The Morgan fingerprint density at radius 1 is 0.295 bits per heavy atom. The van der Waals surface area contributed by atoms with Crippen LogP contribution in [0.1, 0.15) is 448 Å². The molecule has 0 nitrogen and oxygen atoms in total. The molecule has 0 heteroatoms. The lowest BCUT2D eigenvalue weighted by atomic mass is 9.56. The highest BCUT2D eigenvalue weighted by molar-refractivity contribution is 5.02. The predicted octanol–water partition coefficient (Wildman–Crippen LogP) is 32.3. The van der Waals surface area contributed by atoms with Crippen LogP contribution in [0.25, 0.3) is 0 Å². The van der Waals surface area contributed by atoms with E-state index >= 15 is 0 Å². The molecule has 12 aliphatic rings. The molecule has 10 atom stereocenters. The van der Waals surface area contributed by atoms with Crippen molar-refractivity contribution >= 4 is 0 Å². The average molecular weight is 1330 g/mol. The van der Waals surface area contributed by atoms with Crippen LogP contribution >= 0.6 is 0 Å². The fraction of sp³-hybridized carbons (Fsp3) is 1.00. The van der Waals surface area contributed by atoms with Gasteiger partial charge in [0.1, 0.15) is 0 Å². The Balaban J connectivity index is 0.000000228. The van der Waals surface area contributed by atoms with Crippen LogP contribution in [0.2, 0.25) is 0 Å². The molecule has 0 radical (unpaired) electrons. The third-order valence-corrected chi connectivity index (χ3v) is 30.9. The van der Waals surface area contributed by atoms with E-state index in [2.05, 4.69) is 242 Å². The van der Waals surface area contributed by atoms with Crippen molar-refractivity contribution < 1.29 is 0 Å². The standard InChI is InChI=1S/2C12H24.C11H20.3C11H22.2C9H16.C9H18/c1-10(2)7-11(3,4)9-12(5,6)8-10;1-6-10-7-11(2,3)9-12(4,5)8-10;1-4-10-8-5-6-9(7-8)11(10,2)3;1-9-6-10(2,3)8-11(4,5)7-9;1-9-10(2,3)7-6-8-11(9,4)5;1-6-9-10(2,3)7-8-11(9,4)5;1-6-7(2)9-4-3-8(6)5-9;1-2-8-5-7-3-4-9(8)6-7;1-8-4-6-9(2,3)7-5-8/h7-9H2,1-6H3;10H,6-9H2,1-5H3;8-10H,4-7H2,1-3H3;3*9H,6-8H2,1-5H3;6-9H,3-5H2,1-2H3;7-9H,2-6H2,1H3;8H,4-7H2,1-3H3/t;;;;;;6-,7?,8?,9?;;/m......0../s1. The van der Waals surface area contributed by atoms with Crippen molar-refractivity contribution in [3.8, 4) is 0 Å². The van der Waals surface area contributed by atoms with Crippen molar-refractivity contribution in [2.24, 2.45) is 159 Å². The van der Waals surface area contributed by atoms with Gasteiger partial charge >= 0.3 is 0 Å². The second-order valence-electron chi connectivity index (χ2n) is 47.6.